The fourth-order valence-electron chi connectivity index (χ4n) is 4.50. The van der Waals surface area contributed by atoms with Gasteiger partial charge in [0.05, 0.1) is 13.7 Å². The molecule has 10 nitrogen and oxygen atoms in total. The van der Waals surface area contributed by atoms with Gasteiger partial charge in [0.2, 0.25) is 5.91 Å². The first kappa shape index (κ1) is 34.4. The van der Waals surface area contributed by atoms with Crippen LogP contribution in [0.3, 0.4) is 0 Å². The molecule has 2 rings (SSSR count). The third kappa shape index (κ3) is 10.6. The second kappa shape index (κ2) is 16.6. The Morgan fingerprint density at radius 1 is 0.976 bits per heavy atom. The van der Waals surface area contributed by atoms with Crippen molar-refractivity contribution in [1.82, 2.24) is 10.2 Å². The lowest BCUT2D eigenvalue weighted by atomic mass is 9.98. The number of carbonyl (C=O) groups is 3. The van der Waals surface area contributed by atoms with E-state index in [4.69, 9.17) is 9.47 Å². The van der Waals surface area contributed by atoms with Crippen LogP contribution < -0.4 is 15.4 Å². The molecule has 0 spiro atoms. The summed E-state index contributed by atoms with van der Waals surface area (Å²) in [6.07, 6.45) is 4.77. The monoisotopic (exact) mass is 585 g/mol. The summed E-state index contributed by atoms with van der Waals surface area (Å²) in [7, 11) is 1.54. The first-order chi connectivity index (χ1) is 19.9. The molecule has 0 aliphatic heterocycles. The Bertz CT molecular complexity index is 1160. The molecule has 0 aromatic heterocycles. The molecule has 2 aromatic rings. The van der Waals surface area contributed by atoms with Crippen LogP contribution in [-0.2, 0) is 14.3 Å². The van der Waals surface area contributed by atoms with Crippen LogP contribution in [0.5, 0.6) is 11.5 Å². The number of hydrogen-bond acceptors (Lipinski definition) is 7. The Labute approximate surface area is 249 Å². The number of methoxy groups -OCH3 is 1. The number of alkyl carbamates (subject to hydrolysis) is 1. The lowest BCUT2D eigenvalue weighted by molar-refractivity contribution is -0.141. The van der Waals surface area contributed by atoms with E-state index < -0.39 is 42.2 Å². The number of benzene rings is 2. The van der Waals surface area contributed by atoms with Crippen molar-refractivity contribution in [2.24, 2.45) is 0 Å². The molecule has 4 N–H and O–H groups in total. The van der Waals surface area contributed by atoms with Crippen LogP contribution in [0.15, 0.2) is 42.5 Å². The van der Waals surface area contributed by atoms with Crippen molar-refractivity contribution in [3.63, 3.8) is 0 Å². The number of nitrogens with zero attached hydrogens (tertiary/aromatic N) is 1. The molecule has 232 valence electrons. The van der Waals surface area contributed by atoms with E-state index in [1.807, 2.05) is 0 Å². The maximum absolute atomic E-state index is 14.0. The molecule has 0 saturated heterocycles. The number of unbranched alkanes of at least 4 members (excludes halogenated alkanes) is 5. The average Bonchev–Trinajstić information content (AvgIpc) is 2.94. The summed E-state index contributed by atoms with van der Waals surface area (Å²) >= 11 is 0. The van der Waals surface area contributed by atoms with E-state index >= 15 is 0 Å². The minimum atomic E-state index is -1.37. The van der Waals surface area contributed by atoms with Crippen molar-refractivity contribution in [3.8, 4) is 11.5 Å². The number of aliphatic hydroxyl groups excluding tert-OH is 1. The van der Waals surface area contributed by atoms with E-state index in [1.165, 1.54) is 4.90 Å². The maximum atomic E-state index is 14.0. The molecule has 42 heavy (non-hydrogen) atoms. The number of ether oxygens (including phenoxy) is 2. The molecule has 2 aromatic carbocycles. The highest BCUT2D eigenvalue weighted by Crippen LogP contribution is 2.33. The summed E-state index contributed by atoms with van der Waals surface area (Å²) in [4.78, 5) is 41.8. The number of hydrogen-bond donors (Lipinski definition) is 4. The first-order valence-corrected chi connectivity index (χ1v) is 14.6. The van der Waals surface area contributed by atoms with Gasteiger partial charge in [-0.2, -0.15) is 0 Å². The standard InChI is InChI=1S/C32H47N3O7/c1-7-8-9-10-11-12-20-35(30(39)26(21-36)34-31(40)42-32(3,4)5)27(25-15-13-14-22(2)28(25)37)29(38)33-23-16-18-24(41-6)19-17-23/h13-19,26-27,36-37H,7-12,20-21H2,1-6H3,(H,33,38)(H,34,40). The molecule has 0 saturated carbocycles. The highest BCUT2D eigenvalue weighted by atomic mass is 16.6. The minimum Gasteiger partial charge on any atom is -0.507 e. The quantitative estimate of drug-likeness (QED) is 0.204. The predicted molar refractivity (Wildman–Crippen MR) is 163 cm³/mol. The zero-order valence-corrected chi connectivity index (χ0v) is 25.7. The van der Waals surface area contributed by atoms with Crippen LogP contribution in [0.25, 0.3) is 0 Å². The number of aryl methyl sites for hydroxylation is 1. The maximum Gasteiger partial charge on any atom is 0.408 e. The summed E-state index contributed by atoms with van der Waals surface area (Å²) in [6, 6.07) is 9.10. The molecular weight excluding hydrogens is 538 g/mol. The molecule has 3 amide bonds. The Balaban J connectivity index is 2.50. The summed E-state index contributed by atoms with van der Waals surface area (Å²) in [5.41, 5.74) is 0.413. The molecule has 0 bridgehead atoms. The fraction of sp³-hybridized carbons (Fsp3) is 0.531. The molecule has 0 radical (unpaired) electrons. The smallest absolute Gasteiger partial charge is 0.408 e. The molecule has 0 aliphatic carbocycles. The van der Waals surface area contributed by atoms with E-state index in [-0.39, 0.29) is 17.9 Å². The van der Waals surface area contributed by atoms with E-state index in [2.05, 4.69) is 17.6 Å². The second-order valence-corrected chi connectivity index (χ2v) is 11.3. The lowest BCUT2D eigenvalue weighted by Crippen LogP contribution is -2.54. The number of carbonyl (C=O) groups excluding carboxylic acids is 3. The van der Waals surface area contributed by atoms with Gasteiger partial charge in [-0.25, -0.2) is 4.79 Å². The van der Waals surface area contributed by atoms with E-state index in [1.54, 1.807) is 77.3 Å². The Hall–Kier alpha value is -3.79. The van der Waals surface area contributed by atoms with E-state index in [0.717, 1.165) is 32.1 Å². The van der Waals surface area contributed by atoms with Crippen molar-refractivity contribution in [3.05, 3.63) is 53.6 Å². The SMILES string of the molecule is CCCCCCCCN(C(=O)C(CO)NC(=O)OC(C)(C)C)C(C(=O)Nc1ccc(OC)cc1)c1cccc(C)c1O. The number of aliphatic hydroxyl groups is 1. The van der Waals surface area contributed by atoms with Gasteiger partial charge in [0.15, 0.2) is 0 Å². The molecule has 2 atom stereocenters. The van der Waals surface area contributed by atoms with Crippen LogP contribution in [0.4, 0.5) is 10.5 Å². The fourth-order valence-corrected chi connectivity index (χ4v) is 4.50. The zero-order chi connectivity index (χ0) is 31.3. The molecule has 2 unspecified atom stereocenters. The molecular formula is C32H47N3O7. The first-order valence-electron chi connectivity index (χ1n) is 14.6. The summed E-state index contributed by atoms with van der Waals surface area (Å²) in [6.45, 7) is 8.35. The number of nitrogens with one attached hydrogen (secondary N) is 2. The van der Waals surface area contributed by atoms with Crippen molar-refractivity contribution in [2.75, 3.05) is 25.6 Å². The molecule has 0 heterocycles. The van der Waals surface area contributed by atoms with Crippen molar-refractivity contribution in [2.45, 2.75) is 90.8 Å². The van der Waals surface area contributed by atoms with Gasteiger partial charge in [-0.1, -0.05) is 57.2 Å². The predicted octanol–water partition coefficient (Wildman–Crippen LogP) is 5.46. The van der Waals surface area contributed by atoms with Crippen LogP contribution in [0.2, 0.25) is 0 Å². The highest BCUT2D eigenvalue weighted by Gasteiger charge is 2.37. The third-order valence-corrected chi connectivity index (χ3v) is 6.69. The van der Waals surface area contributed by atoms with E-state index in [9.17, 15) is 24.6 Å². The van der Waals surface area contributed by atoms with Crippen LogP contribution >= 0.6 is 0 Å². The zero-order valence-electron chi connectivity index (χ0n) is 25.7. The van der Waals surface area contributed by atoms with Crippen LogP contribution in [0.1, 0.15) is 83.4 Å². The Kier molecular flexibility index (Phi) is 13.6. The summed E-state index contributed by atoms with van der Waals surface area (Å²) in [5, 5.41) is 26.5. The Morgan fingerprint density at radius 3 is 2.21 bits per heavy atom. The van der Waals surface area contributed by atoms with Gasteiger partial charge in [-0.3, -0.25) is 9.59 Å². The topological polar surface area (TPSA) is 137 Å². The largest absolute Gasteiger partial charge is 0.507 e. The Morgan fingerprint density at radius 2 is 1.62 bits per heavy atom. The number of amides is 3. The highest BCUT2D eigenvalue weighted by molar-refractivity contribution is 5.99. The summed E-state index contributed by atoms with van der Waals surface area (Å²) in [5.74, 6) is -0.740. The number of aromatic hydroxyl groups is 1. The van der Waals surface area contributed by atoms with Gasteiger partial charge in [-0.15, -0.1) is 0 Å². The van der Waals surface area contributed by atoms with Gasteiger partial charge in [0.1, 0.15) is 29.2 Å². The molecule has 0 aliphatic rings. The summed E-state index contributed by atoms with van der Waals surface area (Å²) < 4.78 is 10.5. The van der Waals surface area contributed by atoms with E-state index in [0.29, 0.717) is 23.4 Å². The van der Waals surface area contributed by atoms with Gasteiger partial charge < -0.3 is 35.2 Å². The number of phenolic OH excluding ortho intramolecular Hbond substituents is 1. The van der Waals surface area contributed by atoms with Crippen molar-refractivity contribution < 1.29 is 34.1 Å². The second-order valence-electron chi connectivity index (χ2n) is 11.3. The number of phenols is 1. The van der Waals surface area contributed by atoms with Gasteiger partial charge in [0, 0.05) is 17.8 Å². The van der Waals surface area contributed by atoms with Gasteiger partial charge >= 0.3 is 6.09 Å². The number of anilines is 1. The van der Waals surface area contributed by atoms with Crippen LogP contribution in [-0.4, -0.2) is 64.9 Å². The molecule has 0 fully saturated rings. The number of para-hydroxylation sites is 1. The lowest BCUT2D eigenvalue weighted by Gasteiger charge is -2.34. The van der Waals surface area contributed by atoms with Crippen molar-refractivity contribution in [1.29, 1.82) is 0 Å². The average molecular weight is 586 g/mol. The normalized spacial score (nSPS) is 12.6. The third-order valence-electron chi connectivity index (χ3n) is 6.69. The van der Waals surface area contributed by atoms with Crippen molar-refractivity contribution >= 4 is 23.6 Å². The van der Waals surface area contributed by atoms with Crippen LogP contribution in [0, 0.1) is 6.92 Å². The van der Waals surface area contributed by atoms with Gasteiger partial charge in [-0.05, 0) is 63.9 Å². The number of rotatable bonds is 15. The molecule has 10 heteroatoms. The van der Waals surface area contributed by atoms with Gasteiger partial charge in [0.25, 0.3) is 5.91 Å². The minimum absolute atomic E-state index is 0.117.